The van der Waals surface area contributed by atoms with Gasteiger partial charge >= 0.3 is 5.97 Å². The Bertz CT molecular complexity index is 495. The fraction of sp³-hybridized carbons (Fsp3) is 0.562. The lowest BCUT2D eigenvalue weighted by Crippen LogP contribution is -2.47. The Balaban J connectivity index is 1.64. The second kappa shape index (κ2) is 7.56. The molecule has 1 unspecified atom stereocenters. The highest BCUT2D eigenvalue weighted by Gasteiger charge is 2.33. The fourth-order valence-electron chi connectivity index (χ4n) is 2.69. The highest BCUT2D eigenvalue weighted by atomic mass is 19.1. The first-order valence-corrected chi connectivity index (χ1v) is 7.54. The number of carboxylic acids is 1. The molecule has 1 heterocycles. The largest absolute Gasteiger partial charge is 0.494 e. The Kier molecular flexibility index (Phi) is 5.74. The van der Waals surface area contributed by atoms with Crippen LogP contribution >= 0.6 is 0 Å². The van der Waals surface area contributed by atoms with Crippen molar-refractivity contribution in [2.75, 3.05) is 32.8 Å². The molecule has 2 N–H and O–H groups in total. The van der Waals surface area contributed by atoms with E-state index in [9.17, 15) is 9.18 Å². The van der Waals surface area contributed by atoms with Crippen molar-refractivity contribution in [3.05, 3.63) is 30.1 Å². The number of nitrogens with one attached hydrogen (secondary N) is 1. The Hall–Kier alpha value is -1.66. The maximum absolute atomic E-state index is 12.8. The van der Waals surface area contributed by atoms with Gasteiger partial charge in [-0.15, -0.1) is 0 Å². The summed E-state index contributed by atoms with van der Waals surface area (Å²) < 4.78 is 18.3. The van der Waals surface area contributed by atoms with E-state index in [1.54, 1.807) is 12.1 Å². The number of halogens is 1. The summed E-state index contributed by atoms with van der Waals surface area (Å²) in [5, 5.41) is 11.8. The lowest BCUT2D eigenvalue weighted by molar-refractivity contribution is -0.136. The van der Waals surface area contributed by atoms with E-state index in [1.807, 2.05) is 0 Å². The minimum absolute atomic E-state index is 0.00197. The molecule has 1 aliphatic rings. The van der Waals surface area contributed by atoms with Crippen LogP contribution in [0.15, 0.2) is 24.3 Å². The van der Waals surface area contributed by atoms with Gasteiger partial charge in [0.25, 0.3) is 0 Å². The van der Waals surface area contributed by atoms with Crippen molar-refractivity contribution in [1.82, 2.24) is 10.2 Å². The monoisotopic (exact) mass is 310 g/mol. The molecule has 6 heteroatoms. The van der Waals surface area contributed by atoms with Crippen molar-refractivity contribution in [2.24, 2.45) is 0 Å². The average Bonchev–Trinajstić information content (AvgIpc) is 2.86. The summed E-state index contributed by atoms with van der Waals surface area (Å²) in [5.41, 5.74) is -0.129. The van der Waals surface area contributed by atoms with E-state index < -0.39 is 5.97 Å². The lowest BCUT2D eigenvalue weighted by Gasteiger charge is -2.25. The zero-order chi connectivity index (χ0) is 16.0. The molecule has 1 aromatic rings. The average molecular weight is 310 g/mol. The molecule has 1 aromatic carbocycles. The zero-order valence-corrected chi connectivity index (χ0v) is 12.8. The molecule has 122 valence electrons. The topological polar surface area (TPSA) is 61.8 Å². The summed E-state index contributed by atoms with van der Waals surface area (Å²) in [6, 6.07) is 6.01. The van der Waals surface area contributed by atoms with Gasteiger partial charge in [0.15, 0.2) is 0 Å². The molecule has 0 bridgehead atoms. The van der Waals surface area contributed by atoms with Crippen LogP contribution in [0.3, 0.4) is 0 Å². The summed E-state index contributed by atoms with van der Waals surface area (Å²) >= 11 is 0. The van der Waals surface area contributed by atoms with Crippen molar-refractivity contribution < 1.29 is 19.0 Å². The first-order valence-electron chi connectivity index (χ1n) is 7.54. The van der Waals surface area contributed by atoms with Crippen LogP contribution in [0.25, 0.3) is 0 Å². The number of likely N-dealkylation sites (tertiary alicyclic amines) is 1. The second-order valence-electron chi connectivity index (χ2n) is 5.99. The number of rotatable bonds is 8. The molecule has 0 saturated carbocycles. The van der Waals surface area contributed by atoms with Crippen molar-refractivity contribution in [3.63, 3.8) is 0 Å². The van der Waals surface area contributed by atoms with Crippen LogP contribution in [0.5, 0.6) is 5.75 Å². The number of aliphatic carboxylic acids is 1. The Labute approximate surface area is 130 Å². The number of hydrogen-bond donors (Lipinski definition) is 2. The maximum atomic E-state index is 12.8. The molecular formula is C16H23FN2O3. The molecule has 0 aromatic heterocycles. The first-order chi connectivity index (χ1) is 10.5. The molecular weight excluding hydrogens is 287 g/mol. The third-order valence-electron chi connectivity index (χ3n) is 3.92. The first kappa shape index (κ1) is 16.7. The van der Waals surface area contributed by atoms with E-state index in [0.29, 0.717) is 12.4 Å². The molecule has 0 amide bonds. The predicted molar refractivity (Wildman–Crippen MR) is 81.6 cm³/mol. The van der Waals surface area contributed by atoms with Crippen molar-refractivity contribution >= 4 is 5.97 Å². The number of carbonyl (C=O) groups is 1. The Morgan fingerprint density at radius 1 is 1.45 bits per heavy atom. The quantitative estimate of drug-likeness (QED) is 0.716. The molecule has 0 aliphatic carbocycles. The zero-order valence-electron chi connectivity index (χ0n) is 12.8. The lowest BCUT2D eigenvalue weighted by atomic mass is 10.0. The molecule has 2 rings (SSSR count). The van der Waals surface area contributed by atoms with Gasteiger partial charge < -0.3 is 20.1 Å². The van der Waals surface area contributed by atoms with Crippen LogP contribution in [-0.4, -0.2) is 54.3 Å². The maximum Gasteiger partial charge on any atom is 0.317 e. The van der Waals surface area contributed by atoms with Gasteiger partial charge in [-0.05, 0) is 44.0 Å². The third kappa shape index (κ3) is 5.27. The van der Waals surface area contributed by atoms with Gasteiger partial charge in [0, 0.05) is 25.2 Å². The molecule has 22 heavy (non-hydrogen) atoms. The van der Waals surface area contributed by atoms with Crippen LogP contribution in [0.2, 0.25) is 0 Å². The Morgan fingerprint density at radius 2 is 2.18 bits per heavy atom. The predicted octanol–water partition coefficient (Wildman–Crippen LogP) is 1.73. The normalized spacial score (nSPS) is 21.9. The second-order valence-corrected chi connectivity index (χ2v) is 5.99. The molecule has 1 aliphatic heterocycles. The van der Waals surface area contributed by atoms with Crippen LogP contribution in [-0.2, 0) is 4.79 Å². The van der Waals surface area contributed by atoms with Gasteiger partial charge in [-0.25, -0.2) is 4.39 Å². The van der Waals surface area contributed by atoms with Gasteiger partial charge in [0.1, 0.15) is 11.6 Å². The number of carboxylic acid groups (broad SMARTS) is 1. The van der Waals surface area contributed by atoms with Gasteiger partial charge in [0.2, 0.25) is 0 Å². The van der Waals surface area contributed by atoms with E-state index in [1.165, 1.54) is 12.1 Å². The summed E-state index contributed by atoms with van der Waals surface area (Å²) in [6.45, 7) is 5.35. The molecule has 0 radical (unpaired) electrons. The smallest absolute Gasteiger partial charge is 0.317 e. The van der Waals surface area contributed by atoms with Gasteiger partial charge in [-0.1, -0.05) is 0 Å². The van der Waals surface area contributed by atoms with Crippen molar-refractivity contribution in [3.8, 4) is 5.75 Å². The molecule has 1 atom stereocenters. The van der Waals surface area contributed by atoms with Gasteiger partial charge in [0.05, 0.1) is 13.2 Å². The van der Waals surface area contributed by atoms with E-state index in [0.717, 1.165) is 32.5 Å². The number of benzene rings is 1. The minimum atomic E-state index is -0.827. The SMILES string of the molecule is CC1(NCC(=O)O)CCN(CCCOc2ccc(F)cc2)C1. The van der Waals surface area contributed by atoms with E-state index in [4.69, 9.17) is 9.84 Å². The van der Waals surface area contributed by atoms with E-state index >= 15 is 0 Å². The van der Waals surface area contributed by atoms with Crippen LogP contribution < -0.4 is 10.1 Å². The number of ether oxygens (including phenoxy) is 1. The van der Waals surface area contributed by atoms with Gasteiger partial charge in [-0.3, -0.25) is 4.79 Å². The van der Waals surface area contributed by atoms with Crippen LogP contribution in [0.1, 0.15) is 19.8 Å². The molecule has 5 nitrogen and oxygen atoms in total. The molecule has 0 spiro atoms. The van der Waals surface area contributed by atoms with Crippen molar-refractivity contribution in [1.29, 1.82) is 0 Å². The summed E-state index contributed by atoms with van der Waals surface area (Å²) in [6.07, 6.45) is 1.82. The van der Waals surface area contributed by atoms with E-state index in [-0.39, 0.29) is 17.9 Å². The number of hydrogen-bond acceptors (Lipinski definition) is 4. The standard InChI is InChI=1S/C16H23FN2O3/c1-16(18-11-15(20)21)7-9-19(12-16)8-2-10-22-14-5-3-13(17)4-6-14/h3-6,18H,2,7-12H2,1H3,(H,20,21). The van der Waals surface area contributed by atoms with Crippen LogP contribution in [0.4, 0.5) is 4.39 Å². The summed E-state index contributed by atoms with van der Waals surface area (Å²) in [7, 11) is 0. The summed E-state index contributed by atoms with van der Waals surface area (Å²) in [4.78, 5) is 12.9. The molecule has 1 saturated heterocycles. The highest BCUT2D eigenvalue weighted by molar-refractivity contribution is 5.69. The number of nitrogens with zero attached hydrogens (tertiary/aromatic N) is 1. The fourth-order valence-corrected chi connectivity index (χ4v) is 2.69. The van der Waals surface area contributed by atoms with E-state index in [2.05, 4.69) is 17.1 Å². The highest BCUT2D eigenvalue weighted by Crippen LogP contribution is 2.20. The molecule has 1 fully saturated rings. The summed E-state index contributed by atoms with van der Waals surface area (Å²) in [5.74, 6) is -0.416. The van der Waals surface area contributed by atoms with Crippen LogP contribution in [0, 0.1) is 5.82 Å². The Morgan fingerprint density at radius 3 is 2.86 bits per heavy atom. The van der Waals surface area contributed by atoms with Gasteiger partial charge in [-0.2, -0.15) is 0 Å². The third-order valence-corrected chi connectivity index (χ3v) is 3.92. The van der Waals surface area contributed by atoms with Crippen molar-refractivity contribution in [2.45, 2.75) is 25.3 Å². The minimum Gasteiger partial charge on any atom is -0.494 e.